The number of halogens is 1. The van der Waals surface area contributed by atoms with E-state index < -0.39 is 17.3 Å². The number of benzene rings is 1. The van der Waals surface area contributed by atoms with Gasteiger partial charge in [0.1, 0.15) is 5.82 Å². The number of carboxylic acids is 1. The molecule has 0 bridgehead atoms. The second kappa shape index (κ2) is 5.05. The van der Waals surface area contributed by atoms with Crippen LogP contribution in [0.3, 0.4) is 0 Å². The Morgan fingerprint density at radius 2 is 2.00 bits per heavy atom. The molecule has 0 spiro atoms. The molecule has 1 aromatic carbocycles. The number of rotatable bonds is 2. The van der Waals surface area contributed by atoms with Crippen molar-refractivity contribution in [3.05, 3.63) is 57.5 Å². The van der Waals surface area contributed by atoms with E-state index in [1.807, 2.05) is 0 Å². The molecule has 118 valence electrons. The number of nitrogens with zero attached hydrogens (tertiary/aromatic N) is 3. The third-order valence-corrected chi connectivity index (χ3v) is 3.84. The van der Waals surface area contributed by atoms with E-state index in [1.165, 1.54) is 28.3 Å². The number of aromatic carboxylic acids is 1. The Hall–Kier alpha value is -2.96. The third kappa shape index (κ3) is 2.12. The van der Waals surface area contributed by atoms with Crippen molar-refractivity contribution in [2.75, 3.05) is 0 Å². The lowest BCUT2D eigenvalue weighted by molar-refractivity contribution is 0.0697. The number of aryl methyl sites for hydroxylation is 2. The molecule has 7 heteroatoms. The first-order chi connectivity index (χ1) is 10.8. The molecule has 0 aliphatic carbocycles. The Kier molecular flexibility index (Phi) is 3.28. The van der Waals surface area contributed by atoms with Crippen molar-refractivity contribution in [2.24, 2.45) is 7.05 Å². The SMILES string of the molecule is Cc1nn(C)cc1-n1c(C)c(C(=O)O)c2cccc(F)c2c1=O. The van der Waals surface area contributed by atoms with Crippen LogP contribution in [0, 0.1) is 19.7 Å². The minimum absolute atomic E-state index is 0.0950. The van der Waals surface area contributed by atoms with E-state index in [2.05, 4.69) is 5.10 Å². The molecule has 0 aliphatic rings. The van der Waals surface area contributed by atoms with Gasteiger partial charge in [-0.25, -0.2) is 9.18 Å². The largest absolute Gasteiger partial charge is 0.478 e. The Morgan fingerprint density at radius 1 is 1.30 bits per heavy atom. The van der Waals surface area contributed by atoms with Gasteiger partial charge in [-0.2, -0.15) is 5.10 Å². The van der Waals surface area contributed by atoms with Crippen LogP contribution in [0.25, 0.3) is 16.5 Å². The van der Waals surface area contributed by atoms with Gasteiger partial charge >= 0.3 is 5.97 Å². The smallest absolute Gasteiger partial charge is 0.338 e. The van der Waals surface area contributed by atoms with E-state index in [-0.39, 0.29) is 22.0 Å². The summed E-state index contributed by atoms with van der Waals surface area (Å²) in [5, 5.41) is 13.6. The van der Waals surface area contributed by atoms with Crippen LogP contribution in [0.1, 0.15) is 21.7 Å². The first-order valence-corrected chi connectivity index (χ1v) is 6.90. The molecule has 2 heterocycles. The molecule has 6 nitrogen and oxygen atoms in total. The highest BCUT2D eigenvalue weighted by Gasteiger charge is 2.22. The fourth-order valence-electron chi connectivity index (χ4n) is 2.89. The highest BCUT2D eigenvalue weighted by Crippen LogP contribution is 2.24. The maximum atomic E-state index is 14.2. The zero-order valence-corrected chi connectivity index (χ0v) is 12.8. The first kappa shape index (κ1) is 15.0. The maximum absolute atomic E-state index is 14.2. The highest BCUT2D eigenvalue weighted by molar-refractivity contribution is 6.04. The van der Waals surface area contributed by atoms with Crippen LogP contribution in [0.5, 0.6) is 0 Å². The predicted octanol–water partition coefficient (Wildman–Crippen LogP) is 2.18. The summed E-state index contributed by atoms with van der Waals surface area (Å²) in [6.45, 7) is 3.23. The van der Waals surface area contributed by atoms with Gasteiger partial charge in [0.2, 0.25) is 0 Å². The summed E-state index contributed by atoms with van der Waals surface area (Å²) in [5.74, 6) is -1.96. The first-order valence-electron chi connectivity index (χ1n) is 6.90. The summed E-state index contributed by atoms with van der Waals surface area (Å²) >= 11 is 0. The number of pyridine rings is 1. The number of carbonyl (C=O) groups is 1. The van der Waals surface area contributed by atoms with Gasteiger partial charge in [0.15, 0.2) is 0 Å². The maximum Gasteiger partial charge on any atom is 0.338 e. The molecule has 0 unspecified atom stereocenters. The minimum atomic E-state index is -1.21. The molecule has 0 aliphatic heterocycles. The molecule has 0 saturated carbocycles. The van der Waals surface area contributed by atoms with Gasteiger partial charge in [0, 0.05) is 24.3 Å². The van der Waals surface area contributed by atoms with Crippen molar-refractivity contribution in [3.63, 3.8) is 0 Å². The molecule has 0 amide bonds. The van der Waals surface area contributed by atoms with Gasteiger partial charge in [-0.05, 0) is 19.9 Å². The normalized spacial score (nSPS) is 11.1. The zero-order valence-electron chi connectivity index (χ0n) is 12.8. The third-order valence-electron chi connectivity index (χ3n) is 3.84. The van der Waals surface area contributed by atoms with Gasteiger partial charge in [-0.15, -0.1) is 0 Å². The number of fused-ring (bicyclic) bond motifs is 1. The van der Waals surface area contributed by atoms with E-state index in [4.69, 9.17) is 0 Å². The number of hydrogen-bond donors (Lipinski definition) is 1. The summed E-state index contributed by atoms with van der Waals surface area (Å²) in [4.78, 5) is 24.5. The van der Waals surface area contributed by atoms with E-state index in [0.29, 0.717) is 11.4 Å². The topological polar surface area (TPSA) is 77.1 Å². The Morgan fingerprint density at radius 3 is 2.57 bits per heavy atom. The number of carboxylic acid groups (broad SMARTS) is 1. The second-order valence-electron chi connectivity index (χ2n) is 5.34. The number of aromatic nitrogens is 3. The summed E-state index contributed by atoms with van der Waals surface area (Å²) in [7, 11) is 1.69. The van der Waals surface area contributed by atoms with E-state index >= 15 is 0 Å². The lowest BCUT2D eigenvalue weighted by Crippen LogP contribution is -2.25. The predicted molar refractivity (Wildman–Crippen MR) is 82.7 cm³/mol. The highest BCUT2D eigenvalue weighted by atomic mass is 19.1. The Balaban J connectivity index is 2.58. The van der Waals surface area contributed by atoms with E-state index in [9.17, 15) is 19.1 Å². The average molecular weight is 315 g/mol. The molecule has 0 saturated heterocycles. The fourth-order valence-corrected chi connectivity index (χ4v) is 2.89. The van der Waals surface area contributed by atoms with Crippen LogP contribution in [-0.2, 0) is 7.05 Å². The van der Waals surface area contributed by atoms with Gasteiger partial charge < -0.3 is 5.11 Å². The van der Waals surface area contributed by atoms with Crippen molar-refractivity contribution in [3.8, 4) is 5.69 Å². The van der Waals surface area contributed by atoms with Crippen LogP contribution in [0.2, 0.25) is 0 Å². The summed E-state index contributed by atoms with van der Waals surface area (Å²) in [6, 6.07) is 3.98. The summed E-state index contributed by atoms with van der Waals surface area (Å²) in [6.07, 6.45) is 1.60. The zero-order chi connectivity index (χ0) is 16.9. The summed E-state index contributed by atoms with van der Waals surface area (Å²) in [5.41, 5.74) is 0.517. The summed E-state index contributed by atoms with van der Waals surface area (Å²) < 4.78 is 16.9. The molecule has 3 rings (SSSR count). The van der Waals surface area contributed by atoms with Crippen LogP contribution in [0.15, 0.2) is 29.2 Å². The van der Waals surface area contributed by atoms with Crippen LogP contribution in [-0.4, -0.2) is 25.4 Å². The molecule has 1 N–H and O–H groups in total. The van der Waals surface area contributed by atoms with Gasteiger partial charge in [-0.3, -0.25) is 14.0 Å². The molecule has 3 aromatic rings. The van der Waals surface area contributed by atoms with Crippen molar-refractivity contribution in [1.82, 2.24) is 14.3 Å². The average Bonchev–Trinajstić information content (AvgIpc) is 2.77. The molecule has 23 heavy (non-hydrogen) atoms. The van der Waals surface area contributed by atoms with E-state index in [0.717, 1.165) is 6.07 Å². The Labute approximate surface area is 130 Å². The van der Waals surface area contributed by atoms with Crippen molar-refractivity contribution in [2.45, 2.75) is 13.8 Å². The lowest BCUT2D eigenvalue weighted by Gasteiger charge is -2.14. The Bertz CT molecular complexity index is 1020. The van der Waals surface area contributed by atoms with Crippen molar-refractivity contribution >= 4 is 16.7 Å². The van der Waals surface area contributed by atoms with Gasteiger partial charge in [0.05, 0.1) is 22.3 Å². The van der Waals surface area contributed by atoms with Crippen LogP contribution in [0.4, 0.5) is 4.39 Å². The van der Waals surface area contributed by atoms with Crippen molar-refractivity contribution < 1.29 is 14.3 Å². The molecule has 0 fully saturated rings. The monoisotopic (exact) mass is 315 g/mol. The molecule has 2 aromatic heterocycles. The lowest BCUT2D eigenvalue weighted by atomic mass is 10.0. The molecule has 0 radical (unpaired) electrons. The molecule has 0 atom stereocenters. The molecular formula is C16H14FN3O3. The molecular weight excluding hydrogens is 301 g/mol. The van der Waals surface area contributed by atoms with Crippen molar-refractivity contribution in [1.29, 1.82) is 0 Å². The standard InChI is InChI=1S/C16H14FN3O3/c1-8-12(7-19(3)18-8)20-9(2)13(16(22)23)10-5-4-6-11(17)14(10)15(20)21/h4-7H,1-3H3,(H,22,23). The second-order valence-corrected chi connectivity index (χ2v) is 5.34. The van der Waals surface area contributed by atoms with Crippen LogP contribution < -0.4 is 5.56 Å². The van der Waals surface area contributed by atoms with Gasteiger partial charge in [0.25, 0.3) is 5.56 Å². The van der Waals surface area contributed by atoms with E-state index in [1.54, 1.807) is 20.2 Å². The number of hydrogen-bond acceptors (Lipinski definition) is 3. The fraction of sp³-hybridized carbons (Fsp3) is 0.188. The minimum Gasteiger partial charge on any atom is -0.478 e. The quantitative estimate of drug-likeness (QED) is 0.786. The van der Waals surface area contributed by atoms with Crippen LogP contribution >= 0.6 is 0 Å². The van der Waals surface area contributed by atoms with Gasteiger partial charge in [-0.1, -0.05) is 12.1 Å².